The number of piperidine rings is 1. The maximum Gasteiger partial charge on any atom is 0.332 e. The van der Waals surface area contributed by atoms with Gasteiger partial charge in [-0.2, -0.15) is 0 Å². The van der Waals surface area contributed by atoms with Crippen molar-refractivity contribution in [2.24, 2.45) is 0 Å². The van der Waals surface area contributed by atoms with Crippen molar-refractivity contribution in [1.82, 2.24) is 0 Å². The average molecular weight is 320 g/mol. The number of nitrogens with two attached hydrogens (primary N) is 1. The Hall–Kier alpha value is -0.730. The molecule has 1 saturated heterocycles. The maximum atomic E-state index is 11.0. The molecule has 1 aliphatic rings. The zero-order valence-corrected chi connectivity index (χ0v) is 13.6. The van der Waals surface area contributed by atoms with Gasteiger partial charge in [0.05, 0.1) is 65.4 Å². The summed E-state index contributed by atoms with van der Waals surface area (Å²) >= 11 is 0. The minimum absolute atomic E-state index is 0.0238. The summed E-state index contributed by atoms with van der Waals surface area (Å²) in [6.45, 7) is 7.56. The topological polar surface area (TPSA) is 79.8 Å². The molecule has 0 bridgehead atoms. The summed E-state index contributed by atoms with van der Waals surface area (Å²) in [5.41, 5.74) is 0. The van der Waals surface area contributed by atoms with Crippen molar-refractivity contribution in [3.8, 4) is 0 Å². The number of carbonyl (C=O) groups excluding carboxylic acids is 1. The second kappa shape index (κ2) is 13.9. The molecule has 0 radical (unpaired) electrons. The van der Waals surface area contributed by atoms with Crippen LogP contribution in [-0.2, 0) is 28.5 Å². The molecule has 0 saturated carbocycles. The van der Waals surface area contributed by atoms with Crippen LogP contribution in [0.25, 0.3) is 0 Å². The van der Waals surface area contributed by atoms with E-state index in [1.165, 1.54) is 0 Å². The Labute approximate surface area is 132 Å². The molecule has 130 valence electrons. The van der Waals surface area contributed by atoms with E-state index in [1.807, 2.05) is 0 Å². The van der Waals surface area contributed by atoms with Gasteiger partial charge in [-0.05, 0) is 6.92 Å². The number of hydrogen-bond acceptors (Lipinski definition) is 6. The van der Waals surface area contributed by atoms with Crippen LogP contribution in [0.4, 0.5) is 0 Å². The number of quaternary nitrogens is 1. The average Bonchev–Trinajstić information content (AvgIpc) is 2.54. The second-order valence-electron chi connectivity index (χ2n) is 5.02. The Kier molecular flexibility index (Phi) is 12.2. The van der Waals surface area contributed by atoms with Crippen LogP contribution in [0.5, 0.6) is 0 Å². The first-order chi connectivity index (χ1) is 10.8. The number of ether oxygens (including phenoxy) is 5. The molecule has 7 nitrogen and oxygen atoms in total. The summed E-state index contributed by atoms with van der Waals surface area (Å²) in [4.78, 5) is 11.0. The van der Waals surface area contributed by atoms with Gasteiger partial charge in [-0.1, -0.05) is 0 Å². The van der Waals surface area contributed by atoms with Crippen LogP contribution in [0.3, 0.4) is 0 Å². The Bertz CT molecular complexity index is 271. The van der Waals surface area contributed by atoms with Crippen LogP contribution in [-0.4, -0.2) is 78.0 Å². The molecule has 1 fully saturated rings. The molecule has 1 rings (SSSR count). The molecule has 0 spiro atoms. The number of esters is 1. The van der Waals surface area contributed by atoms with Gasteiger partial charge < -0.3 is 29.0 Å². The van der Waals surface area contributed by atoms with E-state index in [0.717, 1.165) is 25.9 Å². The third kappa shape index (κ3) is 10.9. The van der Waals surface area contributed by atoms with Crippen molar-refractivity contribution < 1.29 is 33.8 Å². The number of rotatable bonds is 13. The molecule has 2 N–H and O–H groups in total. The van der Waals surface area contributed by atoms with Gasteiger partial charge in [0, 0.05) is 12.8 Å². The number of hydrogen-bond donors (Lipinski definition) is 1. The normalized spacial score (nSPS) is 15.9. The van der Waals surface area contributed by atoms with Crippen molar-refractivity contribution in [1.29, 1.82) is 0 Å². The van der Waals surface area contributed by atoms with Gasteiger partial charge in [0.2, 0.25) is 0 Å². The molecule has 7 heteroatoms. The summed E-state index contributed by atoms with van der Waals surface area (Å²) < 4.78 is 26.3. The van der Waals surface area contributed by atoms with E-state index in [9.17, 15) is 4.79 Å². The van der Waals surface area contributed by atoms with Crippen LogP contribution in [0.15, 0.2) is 0 Å². The van der Waals surface area contributed by atoms with Gasteiger partial charge in [0.15, 0.2) is 0 Å². The first kappa shape index (κ1) is 19.3. The highest BCUT2D eigenvalue weighted by Gasteiger charge is 2.15. The van der Waals surface area contributed by atoms with E-state index < -0.39 is 0 Å². The predicted molar refractivity (Wildman–Crippen MR) is 79.7 cm³/mol. The van der Waals surface area contributed by atoms with Gasteiger partial charge in [0.25, 0.3) is 0 Å². The Morgan fingerprint density at radius 1 is 0.955 bits per heavy atom. The lowest BCUT2D eigenvalue weighted by atomic mass is 10.1. The fraction of sp³-hybridized carbons (Fsp3) is 0.933. The Morgan fingerprint density at radius 2 is 1.55 bits per heavy atom. The summed E-state index contributed by atoms with van der Waals surface area (Å²) in [5, 5.41) is 2.32. The van der Waals surface area contributed by atoms with Crippen molar-refractivity contribution in [3.05, 3.63) is 0 Å². The van der Waals surface area contributed by atoms with Crippen molar-refractivity contribution >= 4 is 5.97 Å². The van der Waals surface area contributed by atoms with Crippen LogP contribution in [0.2, 0.25) is 0 Å². The zero-order valence-electron chi connectivity index (χ0n) is 13.6. The van der Waals surface area contributed by atoms with Crippen LogP contribution in [0, 0.1) is 0 Å². The Morgan fingerprint density at radius 3 is 2.18 bits per heavy atom. The van der Waals surface area contributed by atoms with Gasteiger partial charge in [-0.3, -0.25) is 0 Å². The minimum atomic E-state index is -0.346. The lowest BCUT2D eigenvalue weighted by Gasteiger charge is -2.20. The quantitative estimate of drug-likeness (QED) is 0.359. The molecular weight excluding hydrogens is 290 g/mol. The SMILES string of the molecule is CCOC(=O)COCCOCCOCCOC1CC[NH2+]CC1. The summed E-state index contributed by atoms with van der Waals surface area (Å²) in [6.07, 6.45) is 2.67. The Balaban J connectivity index is 1.73. The monoisotopic (exact) mass is 320 g/mol. The number of carbonyl (C=O) groups is 1. The first-order valence-electron chi connectivity index (χ1n) is 8.15. The van der Waals surface area contributed by atoms with E-state index in [-0.39, 0.29) is 12.6 Å². The smallest absolute Gasteiger partial charge is 0.332 e. The summed E-state index contributed by atoms with van der Waals surface area (Å²) in [6, 6.07) is 0. The fourth-order valence-corrected chi connectivity index (χ4v) is 2.13. The molecule has 0 aromatic heterocycles. The molecule has 0 amide bonds. The molecule has 1 heterocycles. The van der Waals surface area contributed by atoms with Crippen molar-refractivity contribution in [2.45, 2.75) is 25.9 Å². The molecule has 0 atom stereocenters. The lowest BCUT2D eigenvalue weighted by molar-refractivity contribution is -0.665. The van der Waals surface area contributed by atoms with E-state index in [2.05, 4.69) is 5.32 Å². The van der Waals surface area contributed by atoms with E-state index in [1.54, 1.807) is 6.92 Å². The largest absolute Gasteiger partial charge is 0.464 e. The van der Waals surface area contributed by atoms with Gasteiger partial charge in [0.1, 0.15) is 6.61 Å². The highest BCUT2D eigenvalue weighted by molar-refractivity contribution is 5.70. The van der Waals surface area contributed by atoms with Crippen LogP contribution < -0.4 is 5.32 Å². The molecule has 22 heavy (non-hydrogen) atoms. The van der Waals surface area contributed by atoms with Gasteiger partial charge in [-0.25, -0.2) is 4.79 Å². The minimum Gasteiger partial charge on any atom is -0.464 e. The van der Waals surface area contributed by atoms with Crippen molar-refractivity contribution in [3.63, 3.8) is 0 Å². The second-order valence-corrected chi connectivity index (χ2v) is 5.02. The van der Waals surface area contributed by atoms with Gasteiger partial charge in [-0.15, -0.1) is 0 Å². The first-order valence-corrected chi connectivity index (χ1v) is 8.15. The van der Waals surface area contributed by atoms with Crippen LogP contribution >= 0.6 is 0 Å². The molecule has 0 aromatic rings. The third-order valence-corrected chi connectivity index (χ3v) is 3.24. The highest BCUT2D eigenvalue weighted by atomic mass is 16.6. The predicted octanol–water partition coefficient (Wildman–Crippen LogP) is -0.658. The van der Waals surface area contributed by atoms with Crippen molar-refractivity contribution in [2.75, 3.05) is 65.9 Å². The summed E-state index contributed by atoms with van der Waals surface area (Å²) in [5.74, 6) is -0.346. The maximum absolute atomic E-state index is 11.0. The van der Waals surface area contributed by atoms with E-state index >= 15 is 0 Å². The molecule has 0 aliphatic carbocycles. The van der Waals surface area contributed by atoms with E-state index in [4.69, 9.17) is 23.7 Å². The third-order valence-electron chi connectivity index (χ3n) is 3.24. The fourth-order valence-electron chi connectivity index (χ4n) is 2.13. The van der Waals surface area contributed by atoms with E-state index in [0.29, 0.717) is 52.4 Å². The highest BCUT2D eigenvalue weighted by Crippen LogP contribution is 2.03. The van der Waals surface area contributed by atoms with Gasteiger partial charge >= 0.3 is 5.97 Å². The molecule has 0 aromatic carbocycles. The van der Waals surface area contributed by atoms with Crippen LogP contribution in [0.1, 0.15) is 19.8 Å². The summed E-state index contributed by atoms with van der Waals surface area (Å²) in [7, 11) is 0. The molecule has 1 aliphatic heterocycles. The zero-order chi connectivity index (χ0) is 15.9. The standard InChI is InChI=1S/C15H29NO6/c1-2-21-15(17)13-20-10-9-18-7-8-19-11-12-22-14-3-5-16-6-4-14/h14,16H,2-13H2,1H3/p+1. The lowest BCUT2D eigenvalue weighted by Crippen LogP contribution is -2.86. The molecule has 0 unspecified atom stereocenters. The molecular formula is C15H30NO6+.